The molecule has 4 nitrogen and oxygen atoms in total. The van der Waals surface area contributed by atoms with Crippen LogP contribution >= 0.6 is 11.6 Å². The Kier molecular flexibility index (Phi) is 5.98. The van der Waals surface area contributed by atoms with E-state index < -0.39 is 21.4 Å². The summed E-state index contributed by atoms with van der Waals surface area (Å²) in [6.07, 6.45) is 0.570. The average molecular weight is 372 g/mol. The molecule has 0 bridgehead atoms. The van der Waals surface area contributed by atoms with Gasteiger partial charge in [-0.2, -0.15) is 0 Å². The highest BCUT2D eigenvalue weighted by Gasteiger charge is 2.32. The normalized spacial score (nSPS) is 14.3. The first-order valence-electron chi connectivity index (χ1n) is 7.40. The van der Waals surface area contributed by atoms with Crippen molar-refractivity contribution in [3.8, 4) is 0 Å². The van der Waals surface area contributed by atoms with E-state index in [1.54, 1.807) is 7.11 Å². The Labute approximate surface area is 146 Å². The minimum Gasteiger partial charge on any atom is -0.372 e. The van der Waals surface area contributed by atoms with Gasteiger partial charge in [-0.05, 0) is 30.2 Å². The molecule has 0 aromatic heterocycles. The van der Waals surface area contributed by atoms with E-state index in [1.807, 2.05) is 37.3 Å². The molecule has 0 saturated heterocycles. The van der Waals surface area contributed by atoms with Crippen LogP contribution in [0, 0.1) is 5.82 Å². The molecule has 0 aliphatic carbocycles. The minimum atomic E-state index is -3.84. The lowest BCUT2D eigenvalue weighted by atomic mass is 9.91. The Morgan fingerprint density at radius 2 is 1.88 bits per heavy atom. The van der Waals surface area contributed by atoms with Crippen LogP contribution in [0.25, 0.3) is 0 Å². The summed E-state index contributed by atoms with van der Waals surface area (Å²) >= 11 is 5.67. The van der Waals surface area contributed by atoms with E-state index in [0.29, 0.717) is 6.42 Å². The van der Waals surface area contributed by atoms with Gasteiger partial charge in [0.25, 0.3) is 0 Å². The molecule has 130 valence electrons. The van der Waals surface area contributed by atoms with Gasteiger partial charge >= 0.3 is 0 Å². The molecule has 0 fully saturated rings. The number of rotatable bonds is 7. The SMILES string of the molecule is CC[C@](CNS(=O)(=O)c1ccc(F)c(Cl)c1)(OC)c1ccccc1. The lowest BCUT2D eigenvalue weighted by Crippen LogP contribution is -2.41. The average Bonchev–Trinajstić information content (AvgIpc) is 2.59. The number of sulfonamides is 1. The molecule has 0 unspecified atom stereocenters. The van der Waals surface area contributed by atoms with Crippen molar-refractivity contribution in [3.63, 3.8) is 0 Å². The topological polar surface area (TPSA) is 55.4 Å². The van der Waals surface area contributed by atoms with Crippen LogP contribution in [-0.2, 0) is 20.4 Å². The highest BCUT2D eigenvalue weighted by atomic mass is 35.5. The minimum absolute atomic E-state index is 0.0430. The molecule has 0 radical (unpaired) electrons. The molecule has 0 aliphatic heterocycles. The summed E-state index contributed by atoms with van der Waals surface area (Å²) in [6.45, 7) is 1.96. The van der Waals surface area contributed by atoms with Gasteiger partial charge in [-0.1, -0.05) is 48.9 Å². The van der Waals surface area contributed by atoms with Gasteiger partial charge in [-0.25, -0.2) is 17.5 Å². The van der Waals surface area contributed by atoms with Crippen molar-refractivity contribution in [3.05, 3.63) is 64.9 Å². The lowest BCUT2D eigenvalue weighted by Gasteiger charge is -2.32. The predicted octanol–water partition coefficient (Wildman–Crippen LogP) is 3.71. The molecule has 0 saturated carbocycles. The summed E-state index contributed by atoms with van der Waals surface area (Å²) < 4.78 is 46.3. The van der Waals surface area contributed by atoms with Gasteiger partial charge < -0.3 is 4.74 Å². The first-order valence-corrected chi connectivity index (χ1v) is 9.26. The Bertz CT molecular complexity index is 793. The van der Waals surface area contributed by atoms with Crippen LogP contribution in [0.2, 0.25) is 5.02 Å². The van der Waals surface area contributed by atoms with Gasteiger partial charge in [0.15, 0.2) is 0 Å². The van der Waals surface area contributed by atoms with Crippen LogP contribution in [0.4, 0.5) is 4.39 Å². The maximum absolute atomic E-state index is 13.2. The second-order valence-corrected chi connectivity index (χ2v) is 7.49. The molecule has 0 heterocycles. The van der Waals surface area contributed by atoms with E-state index in [0.717, 1.165) is 17.7 Å². The van der Waals surface area contributed by atoms with Crippen LogP contribution in [0.5, 0.6) is 0 Å². The zero-order chi connectivity index (χ0) is 17.8. The molecule has 0 spiro atoms. The Hall–Kier alpha value is -1.47. The Morgan fingerprint density at radius 3 is 2.42 bits per heavy atom. The molecule has 2 rings (SSSR count). The summed E-state index contributed by atoms with van der Waals surface area (Å²) in [6, 6.07) is 12.7. The third-order valence-electron chi connectivity index (χ3n) is 4.01. The molecule has 2 aromatic rings. The third-order valence-corrected chi connectivity index (χ3v) is 5.70. The standard InChI is InChI=1S/C17H19ClFNO3S/c1-3-17(23-2,13-7-5-4-6-8-13)12-20-24(21,22)14-9-10-16(19)15(18)11-14/h4-11,20H,3,12H2,1-2H3/t17-/m1/s1. The van der Waals surface area contributed by atoms with Gasteiger partial charge in [0.05, 0.1) is 9.92 Å². The van der Waals surface area contributed by atoms with Gasteiger partial charge in [0, 0.05) is 13.7 Å². The molecule has 24 heavy (non-hydrogen) atoms. The third kappa shape index (κ3) is 3.95. The van der Waals surface area contributed by atoms with Gasteiger partial charge in [-0.15, -0.1) is 0 Å². The van der Waals surface area contributed by atoms with Crippen LogP contribution in [-0.4, -0.2) is 22.1 Å². The maximum Gasteiger partial charge on any atom is 0.240 e. The zero-order valence-corrected chi connectivity index (χ0v) is 15.0. The van der Waals surface area contributed by atoms with Crippen LogP contribution in [0.3, 0.4) is 0 Å². The van der Waals surface area contributed by atoms with Crippen LogP contribution < -0.4 is 4.72 Å². The highest BCUT2D eigenvalue weighted by Crippen LogP contribution is 2.29. The van der Waals surface area contributed by atoms with Crippen molar-refractivity contribution in [2.75, 3.05) is 13.7 Å². The largest absolute Gasteiger partial charge is 0.372 e. The molecule has 2 aromatic carbocycles. The first-order chi connectivity index (χ1) is 11.3. The Morgan fingerprint density at radius 1 is 1.21 bits per heavy atom. The fourth-order valence-corrected chi connectivity index (χ4v) is 3.80. The van der Waals surface area contributed by atoms with Crippen molar-refractivity contribution < 1.29 is 17.5 Å². The van der Waals surface area contributed by atoms with E-state index in [9.17, 15) is 12.8 Å². The molecular formula is C17H19ClFNO3S. The fraction of sp³-hybridized carbons (Fsp3) is 0.294. The first kappa shape index (κ1) is 18.9. The van der Waals surface area contributed by atoms with Gasteiger partial charge in [0.2, 0.25) is 10.0 Å². The number of ether oxygens (including phenoxy) is 1. The number of hydrogen-bond acceptors (Lipinski definition) is 3. The molecular weight excluding hydrogens is 353 g/mol. The number of nitrogens with one attached hydrogen (secondary N) is 1. The van der Waals surface area contributed by atoms with Crippen molar-refractivity contribution in [2.45, 2.75) is 23.8 Å². The number of hydrogen-bond donors (Lipinski definition) is 1. The van der Waals surface area contributed by atoms with Crippen molar-refractivity contribution in [1.29, 1.82) is 0 Å². The summed E-state index contributed by atoms with van der Waals surface area (Å²) in [5, 5.41) is -0.241. The molecule has 0 amide bonds. The summed E-state index contributed by atoms with van der Waals surface area (Å²) in [5.41, 5.74) is 0.0767. The smallest absolute Gasteiger partial charge is 0.240 e. The van der Waals surface area contributed by atoms with Gasteiger partial charge in [-0.3, -0.25) is 0 Å². The van der Waals surface area contributed by atoms with Crippen molar-refractivity contribution in [2.24, 2.45) is 0 Å². The molecule has 1 atom stereocenters. The molecule has 0 aliphatic rings. The Balaban J connectivity index is 2.27. The van der Waals surface area contributed by atoms with Crippen molar-refractivity contribution >= 4 is 21.6 Å². The number of benzene rings is 2. The van der Waals surface area contributed by atoms with Crippen LogP contribution in [0.15, 0.2) is 53.4 Å². The van der Waals surface area contributed by atoms with E-state index in [2.05, 4.69) is 4.72 Å². The van der Waals surface area contributed by atoms with E-state index >= 15 is 0 Å². The van der Waals surface area contributed by atoms with Crippen LogP contribution in [0.1, 0.15) is 18.9 Å². The number of methoxy groups -OCH3 is 1. The molecule has 7 heteroatoms. The predicted molar refractivity (Wildman–Crippen MR) is 92.0 cm³/mol. The van der Waals surface area contributed by atoms with Crippen molar-refractivity contribution in [1.82, 2.24) is 4.72 Å². The van der Waals surface area contributed by atoms with E-state index in [-0.39, 0.29) is 16.5 Å². The summed E-state index contributed by atoms with van der Waals surface area (Å²) in [4.78, 5) is -0.0944. The zero-order valence-electron chi connectivity index (χ0n) is 13.4. The lowest BCUT2D eigenvalue weighted by molar-refractivity contribution is -0.0133. The second-order valence-electron chi connectivity index (χ2n) is 5.32. The molecule has 1 N–H and O–H groups in total. The second kappa shape index (κ2) is 7.61. The van der Waals surface area contributed by atoms with E-state index in [1.165, 1.54) is 6.07 Å². The van der Waals surface area contributed by atoms with E-state index in [4.69, 9.17) is 16.3 Å². The maximum atomic E-state index is 13.2. The summed E-state index contributed by atoms with van der Waals surface area (Å²) in [7, 11) is -2.30. The van der Waals surface area contributed by atoms with Gasteiger partial charge in [0.1, 0.15) is 11.4 Å². The fourth-order valence-electron chi connectivity index (χ4n) is 2.45. The highest BCUT2D eigenvalue weighted by molar-refractivity contribution is 7.89. The summed E-state index contributed by atoms with van der Waals surface area (Å²) in [5.74, 6) is -0.667. The monoisotopic (exact) mass is 371 g/mol. The quantitative estimate of drug-likeness (QED) is 0.807. The number of halogens is 2.